The highest BCUT2D eigenvalue weighted by atomic mass is 32.1. The van der Waals surface area contributed by atoms with Gasteiger partial charge in [0, 0.05) is 12.1 Å². The minimum atomic E-state index is 0.0835. The fourth-order valence-electron chi connectivity index (χ4n) is 2.35. The topological polar surface area (TPSA) is 71.2 Å². The van der Waals surface area contributed by atoms with Gasteiger partial charge < -0.3 is 15.2 Å². The average molecular weight is 363 g/mol. The third-order valence-corrected chi connectivity index (χ3v) is 4.18. The van der Waals surface area contributed by atoms with Crippen LogP contribution in [0.4, 0.5) is 10.8 Å². The van der Waals surface area contributed by atoms with E-state index < -0.39 is 0 Å². The van der Waals surface area contributed by atoms with Crippen molar-refractivity contribution in [1.82, 2.24) is 9.59 Å². The van der Waals surface area contributed by atoms with E-state index in [1.54, 1.807) is 29.1 Å². The van der Waals surface area contributed by atoms with Gasteiger partial charge in [-0.2, -0.15) is 0 Å². The van der Waals surface area contributed by atoms with Gasteiger partial charge in [-0.3, -0.25) is 0 Å². The fourth-order valence-corrected chi connectivity index (χ4v) is 2.90. The molecule has 0 amide bonds. The number of aromatic hydroxyl groups is 1. The molecular formula is C19H15N4O2S+. The molecule has 2 N–H and O–H groups in total. The van der Waals surface area contributed by atoms with Crippen LogP contribution in [0.1, 0.15) is 0 Å². The summed E-state index contributed by atoms with van der Waals surface area (Å²) in [6, 6.07) is 24.0. The van der Waals surface area contributed by atoms with E-state index >= 15 is 0 Å². The lowest BCUT2D eigenvalue weighted by atomic mass is 10.3. The minimum absolute atomic E-state index is 0.0835. The predicted octanol–water partition coefficient (Wildman–Crippen LogP) is 4.06. The molecule has 0 aliphatic heterocycles. The molecule has 0 radical (unpaired) electrons. The zero-order chi connectivity index (χ0) is 17.8. The van der Waals surface area contributed by atoms with Gasteiger partial charge in [-0.25, -0.2) is 0 Å². The molecule has 1 heterocycles. The van der Waals surface area contributed by atoms with Crippen LogP contribution in [0.2, 0.25) is 0 Å². The number of phenols is 1. The van der Waals surface area contributed by atoms with Gasteiger partial charge in [0.2, 0.25) is 0 Å². The van der Waals surface area contributed by atoms with Crippen molar-refractivity contribution in [2.45, 2.75) is 0 Å². The Labute approximate surface area is 154 Å². The summed E-state index contributed by atoms with van der Waals surface area (Å²) in [6.45, 7) is 0. The van der Waals surface area contributed by atoms with Gasteiger partial charge in [-0.1, -0.05) is 42.5 Å². The second-order valence-electron chi connectivity index (χ2n) is 5.39. The molecule has 0 aliphatic rings. The Bertz CT molecular complexity index is 1020. The SMILES string of the molecule is Oc1ccccc1Oc1ccccc1Nc1n[n+](-c2ccccc2)ns1. The Kier molecular flexibility index (Phi) is 4.44. The third-order valence-electron chi connectivity index (χ3n) is 3.59. The number of rotatable bonds is 5. The minimum Gasteiger partial charge on any atom is -0.504 e. The second kappa shape index (κ2) is 7.20. The van der Waals surface area contributed by atoms with Crippen molar-refractivity contribution in [3.8, 4) is 22.9 Å². The highest BCUT2D eigenvalue weighted by Gasteiger charge is 2.16. The molecule has 0 spiro atoms. The van der Waals surface area contributed by atoms with E-state index in [0.29, 0.717) is 16.6 Å². The van der Waals surface area contributed by atoms with Crippen molar-refractivity contribution < 1.29 is 14.6 Å². The normalized spacial score (nSPS) is 10.5. The molecule has 3 aromatic carbocycles. The number of hydrogen-bond donors (Lipinski definition) is 2. The summed E-state index contributed by atoms with van der Waals surface area (Å²) in [5, 5.41) is 18.2. The van der Waals surface area contributed by atoms with Crippen LogP contribution in [0, 0.1) is 0 Å². The second-order valence-corrected chi connectivity index (χ2v) is 6.13. The number of anilines is 2. The van der Waals surface area contributed by atoms with Gasteiger partial charge in [0.15, 0.2) is 17.2 Å². The van der Waals surface area contributed by atoms with Crippen LogP contribution in [0.15, 0.2) is 78.9 Å². The number of phenolic OH excluding ortho intramolecular Hbond substituents is 1. The Morgan fingerprint density at radius 1 is 0.846 bits per heavy atom. The largest absolute Gasteiger partial charge is 0.504 e. The Morgan fingerprint density at radius 2 is 1.54 bits per heavy atom. The summed E-state index contributed by atoms with van der Waals surface area (Å²) in [6.07, 6.45) is 0. The van der Waals surface area contributed by atoms with E-state index in [4.69, 9.17) is 4.74 Å². The van der Waals surface area contributed by atoms with E-state index in [2.05, 4.69) is 14.9 Å². The summed E-state index contributed by atoms with van der Waals surface area (Å²) >= 11 is 1.24. The van der Waals surface area contributed by atoms with Gasteiger partial charge in [0.25, 0.3) is 10.8 Å². The summed E-state index contributed by atoms with van der Waals surface area (Å²) in [7, 11) is 0. The van der Waals surface area contributed by atoms with E-state index in [-0.39, 0.29) is 5.75 Å². The molecule has 0 unspecified atom stereocenters. The number of nitrogens with zero attached hydrogens (tertiary/aromatic N) is 3. The van der Waals surface area contributed by atoms with Crippen molar-refractivity contribution in [2.24, 2.45) is 0 Å². The number of nitrogens with one attached hydrogen (secondary N) is 1. The number of ether oxygens (including phenoxy) is 1. The predicted molar refractivity (Wildman–Crippen MR) is 99.3 cm³/mol. The quantitative estimate of drug-likeness (QED) is 0.523. The molecular weight excluding hydrogens is 348 g/mol. The third kappa shape index (κ3) is 3.47. The first-order valence-corrected chi connectivity index (χ1v) is 8.70. The van der Waals surface area contributed by atoms with Gasteiger partial charge in [0.1, 0.15) is 4.49 Å². The highest BCUT2D eigenvalue weighted by Crippen LogP contribution is 2.35. The Hall–Kier alpha value is -3.45. The van der Waals surface area contributed by atoms with Crippen LogP contribution >= 0.6 is 11.5 Å². The molecule has 0 saturated heterocycles. The van der Waals surface area contributed by atoms with Gasteiger partial charge in [-0.05, 0) is 24.3 Å². The van der Waals surface area contributed by atoms with Crippen LogP contribution in [-0.2, 0) is 0 Å². The Balaban J connectivity index is 1.58. The van der Waals surface area contributed by atoms with Crippen molar-refractivity contribution in [3.05, 3.63) is 78.9 Å². The summed E-state index contributed by atoms with van der Waals surface area (Å²) < 4.78 is 10.2. The lowest BCUT2D eigenvalue weighted by Gasteiger charge is -2.11. The number of hydrogen-bond acceptors (Lipinski definition) is 6. The zero-order valence-corrected chi connectivity index (χ0v) is 14.4. The smallest absolute Gasteiger partial charge is 0.280 e. The zero-order valence-electron chi connectivity index (χ0n) is 13.6. The molecule has 0 atom stereocenters. The first-order chi connectivity index (χ1) is 12.8. The van der Waals surface area contributed by atoms with Crippen LogP contribution in [0.25, 0.3) is 5.69 Å². The summed E-state index contributed by atoms with van der Waals surface area (Å²) in [4.78, 5) is 1.57. The first kappa shape index (κ1) is 16.0. The van der Waals surface area contributed by atoms with Crippen LogP contribution in [0.5, 0.6) is 17.2 Å². The standard InChI is InChI=1S/C19H14N4O2S/c24-16-11-5-7-13-18(16)25-17-12-6-4-10-15(17)20-19-21-23(22-26-19)14-8-2-1-3-9-14/h1-13H,(H-,20,21,22,24)/p+1. The summed E-state index contributed by atoms with van der Waals surface area (Å²) in [5.74, 6) is 1.05. The molecule has 128 valence electrons. The van der Waals surface area contributed by atoms with Crippen LogP contribution in [0.3, 0.4) is 0 Å². The van der Waals surface area contributed by atoms with Crippen LogP contribution in [-0.4, -0.2) is 14.7 Å². The van der Waals surface area contributed by atoms with Crippen molar-refractivity contribution >= 4 is 22.4 Å². The fraction of sp³-hybridized carbons (Fsp3) is 0. The summed E-state index contributed by atoms with van der Waals surface area (Å²) in [5.41, 5.74) is 1.61. The molecule has 0 saturated carbocycles. The number of aromatic nitrogens is 3. The lowest BCUT2D eigenvalue weighted by Crippen LogP contribution is -2.35. The van der Waals surface area contributed by atoms with Crippen molar-refractivity contribution in [2.75, 3.05) is 5.32 Å². The maximum absolute atomic E-state index is 9.91. The molecule has 0 aliphatic carbocycles. The number of para-hydroxylation sites is 5. The molecule has 4 rings (SSSR count). The van der Waals surface area contributed by atoms with Crippen LogP contribution < -0.4 is 14.9 Å². The van der Waals surface area contributed by atoms with E-state index in [9.17, 15) is 5.11 Å². The average Bonchev–Trinajstić information content (AvgIpc) is 3.14. The monoisotopic (exact) mass is 363 g/mol. The first-order valence-electron chi connectivity index (χ1n) is 7.93. The van der Waals surface area contributed by atoms with Gasteiger partial charge >= 0.3 is 0 Å². The van der Waals surface area contributed by atoms with Gasteiger partial charge in [-0.15, -0.1) is 0 Å². The van der Waals surface area contributed by atoms with E-state index in [1.807, 2.05) is 54.6 Å². The molecule has 7 heteroatoms. The molecule has 1 aromatic heterocycles. The molecule has 26 heavy (non-hydrogen) atoms. The lowest BCUT2D eigenvalue weighted by molar-refractivity contribution is -0.709. The molecule has 0 bridgehead atoms. The highest BCUT2D eigenvalue weighted by molar-refractivity contribution is 7.09. The van der Waals surface area contributed by atoms with Crippen molar-refractivity contribution in [1.29, 1.82) is 0 Å². The Morgan fingerprint density at radius 3 is 2.35 bits per heavy atom. The van der Waals surface area contributed by atoms with E-state index in [1.165, 1.54) is 11.5 Å². The van der Waals surface area contributed by atoms with E-state index in [0.717, 1.165) is 11.4 Å². The van der Waals surface area contributed by atoms with Gasteiger partial charge in [0.05, 0.1) is 27.1 Å². The van der Waals surface area contributed by atoms with Crippen molar-refractivity contribution in [3.63, 3.8) is 0 Å². The number of benzene rings is 3. The maximum atomic E-state index is 9.91. The molecule has 6 nitrogen and oxygen atoms in total. The molecule has 4 aromatic rings. The molecule has 0 fully saturated rings. The maximum Gasteiger partial charge on any atom is 0.280 e.